The molecule has 0 bridgehead atoms. The number of alkyl halides is 3. The highest BCUT2D eigenvalue weighted by atomic mass is 19.4. The molecule has 2 unspecified atom stereocenters. The quantitative estimate of drug-likeness (QED) is 0.903. The molecule has 4 nitrogen and oxygen atoms in total. The maximum atomic E-state index is 12.7. The van der Waals surface area contributed by atoms with Gasteiger partial charge in [0.1, 0.15) is 5.75 Å². The smallest absolute Gasteiger partial charge is 0.416 e. The molecule has 1 aromatic carbocycles. The molecule has 7 heteroatoms. The number of carbonyl (C=O) groups is 1. The Labute approximate surface area is 137 Å². The highest BCUT2D eigenvalue weighted by Crippen LogP contribution is 2.31. The van der Waals surface area contributed by atoms with Gasteiger partial charge >= 0.3 is 6.18 Å². The second-order valence-corrected chi connectivity index (χ2v) is 5.30. The number of nitrogens with zero attached hydrogens (tertiary/aromatic N) is 1. The molecule has 0 aliphatic rings. The molecule has 2 aromatic rings. The summed E-state index contributed by atoms with van der Waals surface area (Å²) in [5.41, 5.74) is 0.0439. The van der Waals surface area contributed by atoms with Gasteiger partial charge < -0.3 is 10.1 Å². The van der Waals surface area contributed by atoms with E-state index in [0.29, 0.717) is 0 Å². The zero-order valence-corrected chi connectivity index (χ0v) is 13.2. The molecule has 0 aliphatic heterocycles. The van der Waals surface area contributed by atoms with Crippen LogP contribution in [-0.4, -0.2) is 17.0 Å². The van der Waals surface area contributed by atoms with Crippen LogP contribution in [0.3, 0.4) is 0 Å². The lowest BCUT2D eigenvalue weighted by atomic mass is 10.1. The number of aromatic nitrogens is 1. The second kappa shape index (κ2) is 7.33. The zero-order valence-electron chi connectivity index (χ0n) is 13.2. The molecule has 128 valence electrons. The van der Waals surface area contributed by atoms with Crippen LogP contribution in [0.4, 0.5) is 13.2 Å². The van der Waals surface area contributed by atoms with Crippen LogP contribution >= 0.6 is 0 Å². The normalized spacial score (nSPS) is 13.9. The first-order valence-corrected chi connectivity index (χ1v) is 7.31. The van der Waals surface area contributed by atoms with Crippen LogP contribution in [0.5, 0.6) is 5.75 Å². The Kier molecular flexibility index (Phi) is 5.43. The number of ether oxygens (including phenoxy) is 1. The average molecular weight is 338 g/mol. The molecule has 1 N–H and O–H groups in total. The number of nitrogens with one attached hydrogen (secondary N) is 1. The van der Waals surface area contributed by atoms with Crippen molar-refractivity contribution in [1.29, 1.82) is 0 Å². The summed E-state index contributed by atoms with van der Waals surface area (Å²) in [6.07, 6.45) is -2.17. The molecule has 0 fully saturated rings. The summed E-state index contributed by atoms with van der Waals surface area (Å²) in [6.45, 7) is 3.28. The monoisotopic (exact) mass is 338 g/mol. The van der Waals surface area contributed by atoms with Gasteiger partial charge in [-0.2, -0.15) is 13.2 Å². The van der Waals surface area contributed by atoms with Crippen LogP contribution in [0.1, 0.15) is 31.0 Å². The average Bonchev–Trinajstić information content (AvgIpc) is 2.55. The highest BCUT2D eigenvalue weighted by Gasteiger charge is 2.31. The van der Waals surface area contributed by atoms with Gasteiger partial charge in [-0.05, 0) is 49.7 Å². The largest absolute Gasteiger partial charge is 0.481 e. The molecule has 1 heterocycles. The maximum absolute atomic E-state index is 12.7. The topological polar surface area (TPSA) is 51.2 Å². The first-order valence-electron chi connectivity index (χ1n) is 7.31. The van der Waals surface area contributed by atoms with Gasteiger partial charge in [0.05, 0.1) is 11.6 Å². The van der Waals surface area contributed by atoms with Gasteiger partial charge in [0.15, 0.2) is 6.10 Å². The standard InChI is InChI=1S/C17H17F3N2O2/c1-11(13-6-8-21-9-7-13)22-16(23)12(2)24-15-5-3-4-14(10-15)17(18,19)20/h3-12H,1-2H3,(H,22,23). The zero-order chi connectivity index (χ0) is 17.7. The predicted octanol–water partition coefficient (Wildman–Crippen LogP) is 3.75. The van der Waals surface area contributed by atoms with Gasteiger partial charge in [-0.1, -0.05) is 6.07 Å². The lowest BCUT2D eigenvalue weighted by Gasteiger charge is -2.19. The second-order valence-electron chi connectivity index (χ2n) is 5.30. The summed E-state index contributed by atoms with van der Waals surface area (Å²) < 4.78 is 43.4. The molecule has 2 rings (SSSR count). The molecular weight excluding hydrogens is 321 g/mol. The molecule has 2 atom stereocenters. The molecule has 1 aromatic heterocycles. The van der Waals surface area contributed by atoms with E-state index in [4.69, 9.17) is 4.74 Å². The third-order valence-electron chi connectivity index (χ3n) is 3.41. The highest BCUT2D eigenvalue weighted by molar-refractivity contribution is 5.81. The Morgan fingerprint density at radius 2 is 1.83 bits per heavy atom. The Morgan fingerprint density at radius 1 is 1.17 bits per heavy atom. The van der Waals surface area contributed by atoms with E-state index in [0.717, 1.165) is 17.7 Å². The van der Waals surface area contributed by atoms with Crippen LogP contribution in [0.15, 0.2) is 48.8 Å². The fraction of sp³-hybridized carbons (Fsp3) is 0.294. The van der Waals surface area contributed by atoms with E-state index in [1.807, 2.05) is 0 Å². The van der Waals surface area contributed by atoms with Crippen LogP contribution in [0, 0.1) is 0 Å². The SMILES string of the molecule is CC(Oc1cccc(C(F)(F)F)c1)C(=O)NC(C)c1ccncc1. The van der Waals surface area contributed by atoms with Crippen LogP contribution < -0.4 is 10.1 Å². The molecule has 24 heavy (non-hydrogen) atoms. The molecule has 0 saturated carbocycles. The Balaban J connectivity index is 1.99. The molecule has 0 aliphatic carbocycles. The fourth-order valence-electron chi connectivity index (χ4n) is 2.07. The van der Waals surface area contributed by atoms with Crippen LogP contribution in [0.25, 0.3) is 0 Å². The van der Waals surface area contributed by atoms with Crippen molar-refractivity contribution in [2.75, 3.05) is 0 Å². The minimum absolute atomic E-state index is 0.0101. The third kappa shape index (κ3) is 4.71. The van der Waals surface area contributed by atoms with E-state index in [1.165, 1.54) is 19.1 Å². The van der Waals surface area contributed by atoms with Gasteiger partial charge in [0.25, 0.3) is 5.91 Å². The molecule has 1 amide bonds. The van der Waals surface area contributed by atoms with E-state index in [2.05, 4.69) is 10.3 Å². The van der Waals surface area contributed by atoms with Gasteiger partial charge in [-0.25, -0.2) is 0 Å². The summed E-state index contributed by atoms with van der Waals surface area (Å²) >= 11 is 0. The van der Waals surface area contributed by atoms with Gasteiger partial charge in [0, 0.05) is 12.4 Å². The maximum Gasteiger partial charge on any atom is 0.416 e. The molecule has 0 saturated heterocycles. The van der Waals surface area contributed by atoms with Crippen molar-refractivity contribution < 1.29 is 22.7 Å². The van der Waals surface area contributed by atoms with Crippen molar-refractivity contribution in [1.82, 2.24) is 10.3 Å². The summed E-state index contributed by atoms with van der Waals surface area (Å²) in [7, 11) is 0. The number of hydrogen-bond acceptors (Lipinski definition) is 3. The minimum Gasteiger partial charge on any atom is -0.481 e. The fourth-order valence-corrected chi connectivity index (χ4v) is 2.07. The van der Waals surface area contributed by atoms with E-state index < -0.39 is 23.8 Å². The van der Waals surface area contributed by atoms with Crippen molar-refractivity contribution in [3.63, 3.8) is 0 Å². The number of pyridine rings is 1. The summed E-state index contributed by atoms with van der Waals surface area (Å²) in [5.74, 6) is -0.430. The van der Waals surface area contributed by atoms with Crippen molar-refractivity contribution in [3.05, 3.63) is 59.9 Å². The van der Waals surface area contributed by atoms with Crippen LogP contribution in [0.2, 0.25) is 0 Å². The van der Waals surface area contributed by atoms with Gasteiger partial charge in [-0.15, -0.1) is 0 Å². The first-order chi connectivity index (χ1) is 11.3. The van der Waals surface area contributed by atoms with Crippen molar-refractivity contribution in [2.24, 2.45) is 0 Å². The lowest BCUT2D eigenvalue weighted by molar-refractivity contribution is -0.137. The van der Waals surface area contributed by atoms with E-state index in [9.17, 15) is 18.0 Å². The lowest BCUT2D eigenvalue weighted by Crippen LogP contribution is -2.37. The molecule has 0 radical (unpaired) electrons. The molecular formula is C17H17F3N2O2. The Hall–Kier alpha value is -2.57. The number of carbonyl (C=O) groups excluding carboxylic acids is 1. The van der Waals surface area contributed by atoms with Crippen molar-refractivity contribution in [3.8, 4) is 5.75 Å². The number of benzene rings is 1. The number of hydrogen-bond donors (Lipinski definition) is 1. The Bertz CT molecular complexity index is 690. The Morgan fingerprint density at radius 3 is 2.46 bits per heavy atom. The van der Waals surface area contributed by atoms with Gasteiger partial charge in [-0.3, -0.25) is 9.78 Å². The number of halogens is 3. The summed E-state index contributed by atoms with van der Waals surface area (Å²) in [6, 6.07) is 7.70. The van der Waals surface area contributed by atoms with Crippen LogP contribution in [-0.2, 0) is 11.0 Å². The minimum atomic E-state index is -4.46. The number of rotatable bonds is 5. The van der Waals surface area contributed by atoms with E-state index >= 15 is 0 Å². The van der Waals surface area contributed by atoms with E-state index in [1.54, 1.807) is 31.5 Å². The summed E-state index contributed by atoms with van der Waals surface area (Å²) in [4.78, 5) is 16.0. The predicted molar refractivity (Wildman–Crippen MR) is 82.3 cm³/mol. The number of amides is 1. The van der Waals surface area contributed by atoms with Crippen molar-refractivity contribution >= 4 is 5.91 Å². The first kappa shape index (κ1) is 17.8. The molecule has 0 spiro atoms. The third-order valence-corrected chi connectivity index (χ3v) is 3.41. The van der Waals surface area contributed by atoms with Gasteiger partial charge in [0.2, 0.25) is 0 Å². The van der Waals surface area contributed by atoms with Crippen molar-refractivity contribution in [2.45, 2.75) is 32.2 Å². The summed E-state index contributed by atoms with van der Waals surface area (Å²) in [5, 5.41) is 2.75. The van der Waals surface area contributed by atoms with E-state index in [-0.39, 0.29) is 11.8 Å².